The minimum absolute atomic E-state index is 0.185. The van der Waals surface area contributed by atoms with Crippen molar-refractivity contribution in [2.24, 2.45) is 17.8 Å². The van der Waals surface area contributed by atoms with Crippen LogP contribution in [0.2, 0.25) is 0 Å². The fourth-order valence-electron chi connectivity index (χ4n) is 4.35. The predicted octanol–water partition coefficient (Wildman–Crippen LogP) is 4.41. The third-order valence-corrected chi connectivity index (χ3v) is 6.56. The zero-order valence-electron chi connectivity index (χ0n) is 17.0. The van der Waals surface area contributed by atoms with Crippen LogP contribution >= 0.6 is 15.9 Å². The van der Waals surface area contributed by atoms with Gasteiger partial charge >= 0.3 is 5.97 Å². The third-order valence-electron chi connectivity index (χ3n) is 6.03. The van der Waals surface area contributed by atoms with Gasteiger partial charge in [-0.05, 0) is 55.5 Å². The van der Waals surface area contributed by atoms with E-state index in [2.05, 4.69) is 22.9 Å². The number of imide groups is 1. The Bertz CT molecular complexity index is 1050. The lowest BCUT2D eigenvalue weighted by Gasteiger charge is -2.25. The van der Waals surface area contributed by atoms with Gasteiger partial charge in [0.1, 0.15) is 0 Å². The van der Waals surface area contributed by atoms with E-state index in [-0.39, 0.29) is 35.0 Å². The number of ether oxygens (including phenoxy) is 1. The molecule has 31 heavy (non-hydrogen) atoms. The second-order valence-electron chi connectivity index (χ2n) is 8.20. The minimum atomic E-state index is -0.683. The first-order valence-corrected chi connectivity index (χ1v) is 11.1. The Morgan fingerprint density at radius 1 is 1.00 bits per heavy atom. The molecule has 1 aliphatic heterocycles. The number of esters is 1. The summed E-state index contributed by atoms with van der Waals surface area (Å²) < 4.78 is 6.01. The number of halogens is 1. The highest BCUT2D eigenvalue weighted by molar-refractivity contribution is 9.10. The van der Waals surface area contributed by atoms with Crippen LogP contribution in [-0.2, 0) is 14.3 Å². The first-order chi connectivity index (χ1) is 14.8. The van der Waals surface area contributed by atoms with Crippen molar-refractivity contribution in [3.05, 3.63) is 64.1 Å². The molecule has 1 aliphatic carbocycles. The maximum atomic E-state index is 12.9. The molecule has 2 aliphatic rings. The monoisotopic (exact) mass is 483 g/mol. The zero-order valence-corrected chi connectivity index (χ0v) is 18.6. The molecule has 1 heterocycles. The van der Waals surface area contributed by atoms with Gasteiger partial charge < -0.3 is 4.74 Å². The lowest BCUT2D eigenvalue weighted by atomic mass is 9.76. The predicted molar refractivity (Wildman–Crippen MR) is 118 cm³/mol. The summed E-state index contributed by atoms with van der Waals surface area (Å²) in [5.41, 5.74) is 0.991. The Hall–Kier alpha value is -2.80. The van der Waals surface area contributed by atoms with Crippen molar-refractivity contribution >= 4 is 45.2 Å². The number of benzene rings is 2. The number of hydrogen-bond acceptors (Lipinski definition) is 5. The van der Waals surface area contributed by atoms with Gasteiger partial charge in [-0.3, -0.25) is 19.3 Å². The normalized spacial score (nSPS) is 22.9. The Balaban J connectivity index is 1.46. The number of nitrogens with zero attached hydrogens (tertiary/aromatic N) is 1. The van der Waals surface area contributed by atoms with Crippen molar-refractivity contribution < 1.29 is 23.9 Å². The van der Waals surface area contributed by atoms with E-state index in [9.17, 15) is 19.2 Å². The molecule has 160 valence electrons. The van der Waals surface area contributed by atoms with Crippen LogP contribution in [0.4, 0.5) is 5.69 Å². The largest absolute Gasteiger partial charge is 0.454 e. The van der Waals surface area contributed by atoms with Crippen LogP contribution in [0, 0.1) is 17.8 Å². The quantitative estimate of drug-likeness (QED) is 0.357. The van der Waals surface area contributed by atoms with E-state index >= 15 is 0 Å². The number of amides is 2. The fourth-order valence-corrected chi connectivity index (χ4v) is 4.61. The van der Waals surface area contributed by atoms with Gasteiger partial charge in [-0.1, -0.05) is 41.1 Å². The highest BCUT2D eigenvalue weighted by atomic mass is 79.9. The van der Waals surface area contributed by atoms with Crippen LogP contribution in [0.3, 0.4) is 0 Å². The van der Waals surface area contributed by atoms with E-state index in [1.807, 2.05) is 0 Å². The van der Waals surface area contributed by atoms with Crippen LogP contribution in [0.15, 0.2) is 53.0 Å². The Morgan fingerprint density at radius 3 is 2.45 bits per heavy atom. The summed E-state index contributed by atoms with van der Waals surface area (Å²) in [7, 11) is 0. The summed E-state index contributed by atoms with van der Waals surface area (Å²) in [6, 6.07) is 13.0. The van der Waals surface area contributed by atoms with Gasteiger partial charge in [0, 0.05) is 10.0 Å². The topological polar surface area (TPSA) is 80.8 Å². The second-order valence-corrected chi connectivity index (χ2v) is 9.12. The van der Waals surface area contributed by atoms with Crippen molar-refractivity contribution in [2.75, 3.05) is 11.5 Å². The molecular weight excluding hydrogens is 462 g/mol. The van der Waals surface area contributed by atoms with E-state index in [0.717, 1.165) is 10.9 Å². The molecule has 2 fully saturated rings. The molecule has 6 nitrogen and oxygen atoms in total. The highest BCUT2D eigenvalue weighted by Crippen LogP contribution is 2.42. The highest BCUT2D eigenvalue weighted by Gasteiger charge is 2.50. The molecule has 0 N–H and O–H groups in total. The molecule has 3 atom stereocenters. The van der Waals surface area contributed by atoms with Crippen molar-refractivity contribution in [1.82, 2.24) is 0 Å². The number of carbonyl (C=O) groups excluding carboxylic acids is 4. The van der Waals surface area contributed by atoms with Crippen LogP contribution in [0.25, 0.3) is 0 Å². The smallest absolute Gasteiger partial charge is 0.338 e. The number of Topliss-reactive ketones (excluding diaryl/α,β-unsaturated/α-hetero) is 1. The summed E-state index contributed by atoms with van der Waals surface area (Å²) in [5, 5.41) is 0. The first kappa shape index (κ1) is 21.4. The molecule has 0 aromatic heterocycles. The number of hydrogen-bond donors (Lipinski definition) is 0. The van der Waals surface area contributed by atoms with Crippen molar-refractivity contribution in [2.45, 2.75) is 26.2 Å². The maximum Gasteiger partial charge on any atom is 0.338 e. The average molecular weight is 484 g/mol. The Morgan fingerprint density at radius 2 is 1.71 bits per heavy atom. The molecule has 1 saturated carbocycles. The lowest BCUT2D eigenvalue weighted by molar-refractivity contribution is -0.122. The molecule has 7 heteroatoms. The molecule has 2 aromatic rings. The van der Waals surface area contributed by atoms with Gasteiger partial charge in [0.25, 0.3) is 0 Å². The number of anilines is 1. The Labute approximate surface area is 188 Å². The molecule has 4 rings (SSSR count). The lowest BCUT2D eigenvalue weighted by Crippen LogP contribution is -2.31. The fraction of sp³-hybridized carbons (Fsp3) is 0.333. The molecule has 0 radical (unpaired) electrons. The van der Waals surface area contributed by atoms with Crippen LogP contribution in [0.1, 0.15) is 46.9 Å². The maximum absolute atomic E-state index is 12.9. The van der Waals surface area contributed by atoms with Gasteiger partial charge in [-0.25, -0.2) is 4.79 Å². The molecule has 0 unspecified atom stereocenters. The summed E-state index contributed by atoms with van der Waals surface area (Å²) in [4.78, 5) is 51.7. The van der Waals surface area contributed by atoms with E-state index in [4.69, 9.17) is 4.74 Å². The zero-order chi connectivity index (χ0) is 22.1. The second kappa shape index (κ2) is 8.75. The molecule has 2 amide bonds. The number of fused-ring (bicyclic) bond motifs is 1. The molecular formula is C24H22BrNO5. The third kappa shape index (κ3) is 4.32. The number of ketones is 1. The number of rotatable bonds is 5. The Kier molecular flexibility index (Phi) is 6.05. The summed E-state index contributed by atoms with van der Waals surface area (Å²) in [5.74, 6) is -1.53. The summed E-state index contributed by atoms with van der Waals surface area (Å²) >= 11 is 3.30. The standard InChI is InChI=1S/C24H22BrNO5/c1-14-5-10-19-20(11-14)23(29)26(22(19)28)18-4-2-3-16(12-18)24(30)31-13-21(27)15-6-8-17(25)9-7-15/h2-4,6-9,12,14,19-20H,5,10-11,13H2,1H3/t14-,19-,20-/m1/s1. The van der Waals surface area contributed by atoms with Crippen molar-refractivity contribution in [3.63, 3.8) is 0 Å². The SMILES string of the molecule is C[C@@H]1CC[C@H]2C(=O)N(c3cccc(C(=O)OCC(=O)c4ccc(Br)cc4)c3)C(=O)[C@@H]2C1. The van der Waals surface area contributed by atoms with Crippen molar-refractivity contribution in [3.8, 4) is 0 Å². The molecule has 0 bridgehead atoms. The van der Waals surface area contributed by atoms with Gasteiger partial charge in [0.05, 0.1) is 23.1 Å². The van der Waals surface area contributed by atoms with Crippen LogP contribution in [-0.4, -0.2) is 30.2 Å². The van der Waals surface area contributed by atoms with Gasteiger partial charge in [-0.15, -0.1) is 0 Å². The molecule has 0 spiro atoms. The summed E-state index contributed by atoms with van der Waals surface area (Å²) in [6.07, 6.45) is 2.37. The van der Waals surface area contributed by atoms with Gasteiger partial charge in [-0.2, -0.15) is 0 Å². The van der Waals surface area contributed by atoms with E-state index in [1.165, 1.54) is 17.0 Å². The van der Waals surface area contributed by atoms with Gasteiger partial charge in [0.2, 0.25) is 11.8 Å². The van der Waals surface area contributed by atoms with Crippen LogP contribution in [0.5, 0.6) is 0 Å². The summed E-state index contributed by atoms with van der Waals surface area (Å²) in [6.45, 7) is 1.71. The van der Waals surface area contributed by atoms with Crippen LogP contribution < -0.4 is 4.90 Å². The van der Waals surface area contributed by atoms with E-state index in [0.29, 0.717) is 30.0 Å². The molecule has 1 saturated heterocycles. The van der Waals surface area contributed by atoms with Crippen molar-refractivity contribution in [1.29, 1.82) is 0 Å². The van der Waals surface area contributed by atoms with E-state index < -0.39 is 12.6 Å². The minimum Gasteiger partial charge on any atom is -0.454 e. The van der Waals surface area contributed by atoms with Gasteiger partial charge in [0.15, 0.2) is 12.4 Å². The number of carbonyl (C=O) groups is 4. The molecule has 2 aromatic carbocycles. The average Bonchev–Trinajstić information content (AvgIpc) is 3.01. The van der Waals surface area contributed by atoms with E-state index in [1.54, 1.807) is 36.4 Å². The first-order valence-electron chi connectivity index (χ1n) is 10.3.